The highest BCUT2D eigenvalue weighted by Crippen LogP contribution is 2.40. The van der Waals surface area contributed by atoms with Gasteiger partial charge < -0.3 is 34.8 Å². The molecule has 0 fully saturated rings. The van der Waals surface area contributed by atoms with Crippen molar-refractivity contribution < 1.29 is 39.1 Å². The molecule has 160 valence electrons. The summed E-state index contributed by atoms with van der Waals surface area (Å²) in [4.78, 5) is 22.7. The van der Waals surface area contributed by atoms with Crippen LogP contribution < -0.4 is 19.5 Å². The van der Waals surface area contributed by atoms with Gasteiger partial charge in [-0.1, -0.05) is 18.2 Å². The summed E-state index contributed by atoms with van der Waals surface area (Å²) in [7, 11) is 1.58. The van der Waals surface area contributed by atoms with Crippen molar-refractivity contribution in [3.63, 3.8) is 0 Å². The molecule has 0 saturated heterocycles. The third-order valence-corrected chi connectivity index (χ3v) is 4.78. The molecule has 2 aromatic rings. The molecule has 1 aliphatic heterocycles. The minimum atomic E-state index is -2.77. The molecule has 9 nitrogen and oxygen atoms in total. The van der Waals surface area contributed by atoms with Crippen molar-refractivity contribution in [3.05, 3.63) is 53.6 Å². The Kier molecular flexibility index (Phi) is 6.14. The van der Waals surface area contributed by atoms with Crippen molar-refractivity contribution >= 4 is 11.9 Å². The second-order valence-corrected chi connectivity index (χ2v) is 7.01. The Morgan fingerprint density at radius 2 is 1.70 bits per heavy atom. The van der Waals surface area contributed by atoms with Crippen molar-refractivity contribution in [1.82, 2.24) is 5.32 Å². The number of hydrogen-bond acceptors (Lipinski definition) is 7. The number of hydrogen-bond donors (Lipinski definition) is 4. The maximum atomic E-state index is 11.3. The summed E-state index contributed by atoms with van der Waals surface area (Å²) in [6, 6.07) is 11.9. The van der Waals surface area contributed by atoms with Gasteiger partial charge in [-0.2, -0.15) is 0 Å². The number of ether oxygens (including phenoxy) is 3. The number of aliphatic hydroxyl groups is 1. The Hall–Kier alpha value is -3.30. The largest absolute Gasteiger partial charge is 0.497 e. The van der Waals surface area contributed by atoms with E-state index >= 15 is 0 Å². The zero-order valence-corrected chi connectivity index (χ0v) is 16.5. The number of benzene rings is 2. The number of methoxy groups -OCH3 is 1. The monoisotopic (exact) mass is 417 g/mol. The molecule has 0 spiro atoms. The van der Waals surface area contributed by atoms with E-state index in [2.05, 4.69) is 5.32 Å². The van der Waals surface area contributed by atoms with Gasteiger partial charge in [0.25, 0.3) is 0 Å². The molecule has 9 heteroatoms. The second kappa shape index (κ2) is 8.60. The number of aliphatic hydroxyl groups excluding tert-OH is 1. The van der Waals surface area contributed by atoms with Crippen molar-refractivity contribution in [3.8, 4) is 17.2 Å². The Balaban J connectivity index is 1.58. The van der Waals surface area contributed by atoms with E-state index in [1.807, 2.05) is 6.92 Å². The zero-order chi connectivity index (χ0) is 21.9. The van der Waals surface area contributed by atoms with Crippen LogP contribution in [0.5, 0.6) is 17.2 Å². The van der Waals surface area contributed by atoms with E-state index in [-0.39, 0.29) is 17.5 Å². The van der Waals surface area contributed by atoms with Crippen LogP contribution in [0.2, 0.25) is 0 Å². The van der Waals surface area contributed by atoms with Crippen LogP contribution in [0.25, 0.3) is 0 Å². The summed E-state index contributed by atoms with van der Waals surface area (Å²) in [6.45, 7) is 2.27. The first-order valence-electron chi connectivity index (χ1n) is 9.28. The molecule has 0 aliphatic carbocycles. The molecule has 4 N–H and O–H groups in total. The average molecular weight is 417 g/mol. The first kappa shape index (κ1) is 21.4. The van der Waals surface area contributed by atoms with Crippen molar-refractivity contribution in [2.24, 2.45) is 0 Å². The zero-order valence-electron chi connectivity index (χ0n) is 16.5. The predicted octanol–water partition coefficient (Wildman–Crippen LogP) is 1.59. The van der Waals surface area contributed by atoms with E-state index < -0.39 is 23.8 Å². The summed E-state index contributed by atoms with van der Waals surface area (Å²) in [6.07, 6.45) is -0.152. The van der Waals surface area contributed by atoms with Crippen LogP contribution >= 0.6 is 0 Å². The van der Waals surface area contributed by atoms with Crippen LogP contribution in [0.15, 0.2) is 42.5 Å². The van der Waals surface area contributed by atoms with E-state index in [4.69, 9.17) is 14.2 Å². The standard InChI is InChI=1S/C21H23NO8/c1-12(22-11-16(23)14-4-6-15(28-2)7-5-14)9-13-3-8-17-18(10-13)30-21(29-17,19(24)25)20(26)27/h3-8,10,12,16,22-23H,9,11H2,1-2H3,(H,24,25)(H,26,27). The Bertz CT molecular complexity index is 913. The molecule has 3 rings (SSSR count). The van der Waals surface area contributed by atoms with Gasteiger partial charge >= 0.3 is 17.7 Å². The van der Waals surface area contributed by atoms with Crippen molar-refractivity contribution in [2.75, 3.05) is 13.7 Å². The van der Waals surface area contributed by atoms with E-state index in [1.165, 1.54) is 6.07 Å². The SMILES string of the molecule is COc1ccc(C(O)CNC(C)Cc2ccc3c(c2)OC(C(=O)O)(C(=O)O)O3)cc1. The van der Waals surface area contributed by atoms with Gasteiger partial charge in [-0.3, -0.25) is 0 Å². The number of rotatable bonds is 9. The smallest absolute Gasteiger partial charge is 0.453 e. The molecule has 1 aliphatic rings. The number of carboxylic acid groups (broad SMARTS) is 2. The van der Waals surface area contributed by atoms with E-state index in [0.29, 0.717) is 18.7 Å². The number of aliphatic carboxylic acids is 2. The van der Waals surface area contributed by atoms with Gasteiger partial charge in [0.2, 0.25) is 0 Å². The topological polar surface area (TPSA) is 135 Å². The summed E-state index contributed by atoms with van der Waals surface area (Å²) >= 11 is 0. The summed E-state index contributed by atoms with van der Waals surface area (Å²) in [5.74, 6) is -5.43. The molecular weight excluding hydrogens is 394 g/mol. The maximum absolute atomic E-state index is 11.3. The molecule has 30 heavy (non-hydrogen) atoms. The molecule has 2 unspecified atom stereocenters. The van der Waals surface area contributed by atoms with Gasteiger partial charge in [-0.15, -0.1) is 0 Å². The number of nitrogens with one attached hydrogen (secondary N) is 1. The van der Waals surface area contributed by atoms with Crippen LogP contribution in [0.3, 0.4) is 0 Å². The molecule has 1 heterocycles. The Labute approximate surface area is 172 Å². The second-order valence-electron chi connectivity index (χ2n) is 7.01. The van der Waals surface area contributed by atoms with Gasteiger partial charge in [0.05, 0.1) is 13.2 Å². The molecule has 0 aromatic heterocycles. The third kappa shape index (κ3) is 4.32. The molecule has 0 amide bonds. The highest BCUT2D eigenvalue weighted by atomic mass is 16.8. The van der Waals surface area contributed by atoms with E-state index in [1.54, 1.807) is 43.5 Å². The predicted molar refractivity (Wildman–Crippen MR) is 105 cm³/mol. The van der Waals surface area contributed by atoms with E-state index in [9.17, 15) is 24.9 Å². The first-order valence-corrected chi connectivity index (χ1v) is 9.28. The fourth-order valence-electron chi connectivity index (χ4n) is 3.12. The van der Waals surface area contributed by atoms with Gasteiger partial charge in [0, 0.05) is 12.6 Å². The minimum absolute atomic E-state index is 0.0259. The van der Waals surface area contributed by atoms with Crippen LogP contribution in [-0.2, 0) is 16.0 Å². The normalized spacial score (nSPS) is 16.0. The van der Waals surface area contributed by atoms with E-state index in [0.717, 1.165) is 11.1 Å². The number of carbonyl (C=O) groups is 2. The third-order valence-electron chi connectivity index (χ3n) is 4.78. The minimum Gasteiger partial charge on any atom is -0.497 e. The van der Waals surface area contributed by atoms with Gasteiger partial charge in [0.15, 0.2) is 11.5 Å². The van der Waals surface area contributed by atoms with Crippen molar-refractivity contribution in [1.29, 1.82) is 0 Å². The molecule has 2 atom stereocenters. The quantitative estimate of drug-likeness (QED) is 0.449. The van der Waals surface area contributed by atoms with Crippen LogP contribution in [-0.4, -0.2) is 52.7 Å². The molecule has 0 saturated carbocycles. The van der Waals surface area contributed by atoms with Gasteiger partial charge in [-0.25, -0.2) is 9.59 Å². The number of carboxylic acids is 2. The van der Waals surface area contributed by atoms with Gasteiger partial charge in [-0.05, 0) is 48.7 Å². The lowest BCUT2D eigenvalue weighted by molar-refractivity contribution is -0.194. The number of fused-ring (bicyclic) bond motifs is 1. The summed E-state index contributed by atoms with van der Waals surface area (Å²) in [5.41, 5.74) is 1.56. The summed E-state index contributed by atoms with van der Waals surface area (Å²) < 4.78 is 15.3. The fraction of sp³-hybridized carbons (Fsp3) is 0.333. The molecule has 2 aromatic carbocycles. The van der Waals surface area contributed by atoms with Crippen molar-refractivity contribution in [2.45, 2.75) is 31.3 Å². The lowest BCUT2D eigenvalue weighted by Crippen LogP contribution is -2.54. The highest BCUT2D eigenvalue weighted by molar-refractivity contribution is 6.01. The first-order chi connectivity index (χ1) is 14.2. The van der Waals surface area contributed by atoms with Gasteiger partial charge in [0.1, 0.15) is 5.75 Å². The Morgan fingerprint density at radius 1 is 1.07 bits per heavy atom. The molecular formula is C21H23NO8. The fourth-order valence-corrected chi connectivity index (χ4v) is 3.12. The highest BCUT2D eigenvalue weighted by Gasteiger charge is 2.57. The Morgan fingerprint density at radius 3 is 2.30 bits per heavy atom. The average Bonchev–Trinajstić information content (AvgIpc) is 3.12. The van der Waals surface area contributed by atoms with Crippen LogP contribution in [0.4, 0.5) is 0 Å². The molecule has 0 radical (unpaired) electrons. The molecule has 0 bridgehead atoms. The van der Waals surface area contributed by atoms with Crippen LogP contribution in [0.1, 0.15) is 24.2 Å². The lowest BCUT2D eigenvalue weighted by atomic mass is 10.1. The maximum Gasteiger partial charge on any atom is 0.453 e. The lowest BCUT2D eigenvalue weighted by Gasteiger charge is -2.18. The summed E-state index contributed by atoms with van der Waals surface area (Å²) in [5, 5.41) is 32.0. The van der Waals surface area contributed by atoms with Crippen LogP contribution in [0, 0.1) is 0 Å².